The van der Waals surface area contributed by atoms with Crippen LogP contribution in [0, 0.1) is 10.1 Å². The van der Waals surface area contributed by atoms with E-state index >= 15 is 0 Å². The molecule has 20 heavy (non-hydrogen) atoms. The minimum atomic E-state index is -0.383. The molecule has 0 heterocycles. The van der Waals surface area contributed by atoms with Gasteiger partial charge in [-0.15, -0.1) is 0 Å². The summed E-state index contributed by atoms with van der Waals surface area (Å²) in [6, 6.07) is 14.9. The molecule has 0 spiro atoms. The average Bonchev–Trinajstić information content (AvgIpc) is 3.02. The molecule has 0 aliphatic heterocycles. The Morgan fingerprint density at radius 1 is 0.800 bits per heavy atom. The van der Waals surface area contributed by atoms with Crippen molar-refractivity contribution in [1.29, 1.82) is 0 Å². The Morgan fingerprint density at radius 3 is 1.80 bits per heavy atom. The molecule has 0 N–H and O–H groups in total. The van der Waals surface area contributed by atoms with Crippen molar-refractivity contribution in [3.8, 4) is 11.1 Å². The van der Waals surface area contributed by atoms with Gasteiger partial charge in [0.25, 0.3) is 5.69 Å². The van der Waals surface area contributed by atoms with Crippen LogP contribution in [0.25, 0.3) is 11.1 Å². The number of nitro groups is 1. The summed E-state index contributed by atoms with van der Waals surface area (Å²) < 4.78 is 0. The molecule has 0 aromatic heterocycles. The van der Waals surface area contributed by atoms with Crippen LogP contribution in [0.1, 0.15) is 11.5 Å². The van der Waals surface area contributed by atoms with E-state index in [0.717, 1.165) is 11.1 Å². The maximum absolute atomic E-state index is 10.6. The second-order valence-electron chi connectivity index (χ2n) is 4.72. The number of non-ortho nitro benzene ring substituents is 1. The number of hydrogen-bond donors (Lipinski definition) is 0. The van der Waals surface area contributed by atoms with Gasteiger partial charge in [-0.25, -0.2) is 0 Å². The van der Waals surface area contributed by atoms with Crippen LogP contribution in [-0.2, 0) is 0 Å². The van der Waals surface area contributed by atoms with Crippen molar-refractivity contribution in [3.05, 3.63) is 88.5 Å². The van der Waals surface area contributed by atoms with Crippen LogP contribution in [0.4, 0.5) is 5.69 Å². The Morgan fingerprint density at radius 2 is 1.30 bits per heavy atom. The predicted molar refractivity (Wildman–Crippen MR) is 79.6 cm³/mol. The molecule has 0 saturated carbocycles. The van der Waals surface area contributed by atoms with Crippen molar-refractivity contribution in [2.75, 3.05) is 0 Å². The Kier molecular flexibility index (Phi) is 3.17. The minimum absolute atomic E-state index is 0.117. The monoisotopic (exact) mass is 263 g/mol. The van der Waals surface area contributed by atoms with E-state index in [1.807, 2.05) is 0 Å². The van der Waals surface area contributed by atoms with Gasteiger partial charge in [0.05, 0.1) is 4.92 Å². The summed E-state index contributed by atoms with van der Waals surface area (Å²) in [4.78, 5) is 10.2. The molecule has 0 atom stereocenters. The molecule has 0 fully saturated rings. The van der Waals surface area contributed by atoms with Gasteiger partial charge in [0.15, 0.2) is 0 Å². The lowest BCUT2D eigenvalue weighted by Crippen LogP contribution is -1.89. The standard InChI is InChI=1S/C17H13NO2/c19-18(20)17-11-9-16(10-12-17)15-7-5-14(6-8-15)13-3-1-2-4-13/h1-13H. The van der Waals surface area contributed by atoms with Gasteiger partial charge >= 0.3 is 0 Å². The third-order valence-corrected chi connectivity index (χ3v) is 3.46. The molecule has 0 amide bonds. The van der Waals surface area contributed by atoms with Gasteiger partial charge in [0, 0.05) is 18.1 Å². The highest BCUT2D eigenvalue weighted by molar-refractivity contribution is 5.65. The fourth-order valence-corrected chi connectivity index (χ4v) is 2.33. The number of rotatable bonds is 3. The summed E-state index contributed by atoms with van der Waals surface area (Å²) >= 11 is 0. The van der Waals surface area contributed by atoms with E-state index in [9.17, 15) is 10.1 Å². The lowest BCUT2D eigenvalue weighted by Gasteiger charge is -2.07. The first-order valence-corrected chi connectivity index (χ1v) is 6.44. The topological polar surface area (TPSA) is 43.1 Å². The van der Waals surface area contributed by atoms with Crippen LogP contribution in [0.3, 0.4) is 0 Å². The normalized spacial score (nSPS) is 13.8. The summed E-state index contributed by atoms with van der Waals surface area (Å²) in [7, 11) is 0. The third kappa shape index (κ3) is 2.38. The van der Waals surface area contributed by atoms with Gasteiger partial charge in [-0.1, -0.05) is 48.6 Å². The molecular formula is C17H13NO2. The molecule has 98 valence electrons. The van der Waals surface area contributed by atoms with Gasteiger partial charge in [-0.3, -0.25) is 10.1 Å². The number of hydrogen-bond acceptors (Lipinski definition) is 2. The van der Waals surface area contributed by atoms with Gasteiger partial charge in [0.1, 0.15) is 0 Å². The first-order valence-electron chi connectivity index (χ1n) is 6.44. The SMILES string of the molecule is O=[N+]([O-])c1ccc(-c2ccc(C3C=CC=C3)cc2)cc1. The van der Waals surface area contributed by atoms with Crippen LogP contribution >= 0.6 is 0 Å². The second kappa shape index (κ2) is 5.13. The van der Waals surface area contributed by atoms with E-state index in [-0.39, 0.29) is 10.6 Å². The first kappa shape index (κ1) is 12.4. The van der Waals surface area contributed by atoms with E-state index in [2.05, 4.69) is 48.6 Å². The number of allylic oxidation sites excluding steroid dienone is 4. The summed E-state index contributed by atoms with van der Waals surface area (Å²) in [6.07, 6.45) is 8.41. The predicted octanol–water partition coefficient (Wildman–Crippen LogP) is 4.47. The highest BCUT2D eigenvalue weighted by Gasteiger charge is 2.08. The summed E-state index contributed by atoms with van der Waals surface area (Å²) in [6.45, 7) is 0. The van der Waals surface area contributed by atoms with E-state index in [1.54, 1.807) is 12.1 Å². The Bertz CT molecular complexity index is 670. The van der Waals surface area contributed by atoms with Crippen LogP contribution < -0.4 is 0 Å². The highest BCUT2D eigenvalue weighted by Crippen LogP contribution is 2.27. The van der Waals surface area contributed by atoms with Gasteiger partial charge in [0.2, 0.25) is 0 Å². The number of nitro benzene ring substituents is 1. The van der Waals surface area contributed by atoms with Crippen LogP contribution in [0.2, 0.25) is 0 Å². The molecule has 1 aliphatic carbocycles. The smallest absolute Gasteiger partial charge is 0.258 e. The molecule has 0 unspecified atom stereocenters. The van der Waals surface area contributed by atoms with Crippen molar-refractivity contribution in [2.45, 2.75) is 5.92 Å². The van der Waals surface area contributed by atoms with Crippen molar-refractivity contribution in [2.24, 2.45) is 0 Å². The zero-order chi connectivity index (χ0) is 13.9. The van der Waals surface area contributed by atoms with Crippen LogP contribution in [-0.4, -0.2) is 4.92 Å². The zero-order valence-corrected chi connectivity index (χ0v) is 10.8. The maximum Gasteiger partial charge on any atom is 0.269 e. The van der Waals surface area contributed by atoms with E-state index in [0.29, 0.717) is 5.92 Å². The van der Waals surface area contributed by atoms with Crippen molar-refractivity contribution >= 4 is 5.69 Å². The van der Waals surface area contributed by atoms with Gasteiger partial charge in [-0.2, -0.15) is 0 Å². The lowest BCUT2D eigenvalue weighted by atomic mass is 9.97. The Labute approximate surface area is 117 Å². The number of nitrogens with zero attached hydrogens (tertiary/aromatic N) is 1. The van der Waals surface area contributed by atoms with Crippen LogP contribution in [0.15, 0.2) is 72.8 Å². The molecule has 0 radical (unpaired) electrons. The van der Waals surface area contributed by atoms with E-state index < -0.39 is 0 Å². The summed E-state index contributed by atoms with van der Waals surface area (Å²) in [5.74, 6) is 0.362. The molecular weight excluding hydrogens is 250 g/mol. The van der Waals surface area contributed by atoms with Gasteiger partial charge < -0.3 is 0 Å². The molecule has 2 aromatic carbocycles. The molecule has 3 nitrogen and oxygen atoms in total. The largest absolute Gasteiger partial charge is 0.269 e. The molecule has 3 rings (SSSR count). The Balaban J connectivity index is 1.85. The Hall–Kier alpha value is -2.68. The molecule has 3 heteroatoms. The first-order chi connectivity index (χ1) is 9.74. The third-order valence-electron chi connectivity index (χ3n) is 3.46. The van der Waals surface area contributed by atoms with E-state index in [4.69, 9.17) is 0 Å². The zero-order valence-electron chi connectivity index (χ0n) is 10.8. The van der Waals surface area contributed by atoms with Crippen molar-refractivity contribution in [3.63, 3.8) is 0 Å². The minimum Gasteiger partial charge on any atom is -0.258 e. The fourth-order valence-electron chi connectivity index (χ4n) is 2.33. The van der Waals surface area contributed by atoms with E-state index in [1.165, 1.54) is 17.7 Å². The number of benzene rings is 2. The summed E-state index contributed by atoms with van der Waals surface area (Å²) in [5.41, 5.74) is 3.42. The molecule has 1 aliphatic rings. The quantitative estimate of drug-likeness (QED) is 0.605. The lowest BCUT2D eigenvalue weighted by molar-refractivity contribution is -0.384. The van der Waals surface area contributed by atoms with Gasteiger partial charge in [-0.05, 0) is 28.8 Å². The summed E-state index contributed by atoms with van der Waals surface area (Å²) in [5, 5.41) is 10.6. The molecule has 2 aromatic rings. The average molecular weight is 263 g/mol. The van der Waals surface area contributed by atoms with Crippen molar-refractivity contribution in [1.82, 2.24) is 0 Å². The van der Waals surface area contributed by atoms with Crippen molar-refractivity contribution < 1.29 is 4.92 Å². The highest BCUT2D eigenvalue weighted by atomic mass is 16.6. The molecule has 0 saturated heterocycles. The second-order valence-corrected chi connectivity index (χ2v) is 4.72. The molecule has 0 bridgehead atoms. The maximum atomic E-state index is 10.6. The fraction of sp³-hybridized carbons (Fsp3) is 0.0588. The van der Waals surface area contributed by atoms with Crippen LogP contribution in [0.5, 0.6) is 0 Å².